The number of rotatable bonds is 15. The minimum atomic E-state index is -1.41. The van der Waals surface area contributed by atoms with Crippen molar-refractivity contribution in [2.75, 3.05) is 26.4 Å². The van der Waals surface area contributed by atoms with Crippen molar-refractivity contribution in [3.8, 4) is 0 Å². The predicted octanol–water partition coefficient (Wildman–Crippen LogP) is 4.80. The van der Waals surface area contributed by atoms with E-state index in [0.29, 0.717) is 41.6 Å². The van der Waals surface area contributed by atoms with E-state index in [9.17, 15) is 24.3 Å². The second-order valence-electron chi connectivity index (χ2n) is 15.5. The molecule has 13 nitrogen and oxygen atoms in total. The average Bonchev–Trinajstić information content (AvgIpc) is 3.88. The Hall–Kier alpha value is -5.34. The van der Waals surface area contributed by atoms with Crippen LogP contribution in [0.2, 0.25) is 0 Å². The number of benzene rings is 3. The van der Waals surface area contributed by atoms with Crippen LogP contribution in [0, 0.1) is 0 Å². The number of esters is 2. The number of amides is 2. The number of carbonyl (C=O) groups excluding carboxylic acids is 4. The van der Waals surface area contributed by atoms with Crippen molar-refractivity contribution < 1.29 is 53.1 Å². The van der Waals surface area contributed by atoms with Gasteiger partial charge >= 0.3 is 11.9 Å². The zero-order valence-electron chi connectivity index (χ0n) is 33.1. The molecule has 3 aromatic rings. The van der Waals surface area contributed by atoms with E-state index in [1.165, 1.54) is 11.2 Å². The molecule has 6 rings (SSSR count). The SMILES string of the molecule is CC(C)(C)OC(=O)CCC(CO)NC(=O)C1CCCN1C(=O)C1=CC2OC(c3ccccc3)(c3ccccc3)OC2C(OC(=O)c2ccccc2C=COCCO)C1. The number of nitrogens with zero attached hydrogens (tertiary/aromatic N) is 1. The quantitative estimate of drug-likeness (QED) is 0.110. The number of hydrogen-bond donors (Lipinski definition) is 3. The minimum Gasteiger partial charge on any atom is -0.499 e. The Kier molecular flexibility index (Phi) is 13.8. The Balaban J connectivity index is 1.27. The number of hydrogen-bond acceptors (Lipinski definition) is 11. The van der Waals surface area contributed by atoms with Gasteiger partial charge in [0.05, 0.1) is 31.1 Å². The fourth-order valence-electron chi connectivity index (χ4n) is 7.51. The number of carbonyl (C=O) groups is 4. The second kappa shape index (κ2) is 18.9. The summed E-state index contributed by atoms with van der Waals surface area (Å²) in [5, 5.41) is 22.0. The fourth-order valence-corrected chi connectivity index (χ4v) is 7.51. The van der Waals surface area contributed by atoms with Crippen LogP contribution < -0.4 is 5.32 Å². The van der Waals surface area contributed by atoms with Gasteiger partial charge in [-0.1, -0.05) is 78.9 Å². The number of aliphatic hydroxyl groups excluding tert-OH is 2. The van der Waals surface area contributed by atoms with Crippen molar-refractivity contribution in [3.63, 3.8) is 0 Å². The molecule has 3 aromatic carbocycles. The first-order valence-electron chi connectivity index (χ1n) is 19.7. The standard InChI is InChI=1S/C45H52N2O11/c1-44(2,3)57-39(50)21-20-34(29-49)46-41(51)36-19-12-23-47(36)42(52)31-27-37(55-43(53)35-18-11-10-13-30(35)22-25-54-26-24-48)40-38(28-31)56-45(58-40,32-14-6-4-7-15-32)33-16-8-5-9-17-33/h4-11,13-18,22,25,28,34,36-38,40,48-49H,12,19-21,23-24,26-27,29H2,1-3H3,(H,46,51). The number of ether oxygens (including phenoxy) is 5. The molecule has 5 atom stereocenters. The van der Waals surface area contributed by atoms with Crippen LogP contribution >= 0.6 is 0 Å². The molecule has 2 heterocycles. The summed E-state index contributed by atoms with van der Waals surface area (Å²) in [6.07, 6.45) is 3.17. The first-order valence-corrected chi connectivity index (χ1v) is 19.7. The predicted molar refractivity (Wildman–Crippen MR) is 213 cm³/mol. The third-order valence-electron chi connectivity index (χ3n) is 10.2. The van der Waals surface area contributed by atoms with Gasteiger partial charge in [-0.25, -0.2) is 4.79 Å². The summed E-state index contributed by atoms with van der Waals surface area (Å²) in [5.74, 6) is -3.34. The fraction of sp³-hybridized carbons (Fsp3) is 0.422. The van der Waals surface area contributed by atoms with Gasteiger partial charge in [0.2, 0.25) is 17.6 Å². The normalized spacial score (nSPS) is 21.8. The van der Waals surface area contributed by atoms with Crippen LogP contribution in [0.25, 0.3) is 6.08 Å². The number of nitrogens with one attached hydrogen (secondary N) is 1. The minimum absolute atomic E-state index is 0.000578. The van der Waals surface area contributed by atoms with E-state index in [4.69, 9.17) is 28.8 Å². The molecular weight excluding hydrogens is 744 g/mol. The summed E-state index contributed by atoms with van der Waals surface area (Å²) in [4.78, 5) is 56.1. The maximum atomic E-state index is 14.5. The van der Waals surface area contributed by atoms with Gasteiger partial charge in [-0.05, 0) is 63.8 Å². The Morgan fingerprint density at radius 1 is 0.948 bits per heavy atom. The maximum absolute atomic E-state index is 14.5. The van der Waals surface area contributed by atoms with Crippen molar-refractivity contribution in [2.24, 2.45) is 0 Å². The van der Waals surface area contributed by atoms with Gasteiger partial charge in [-0.3, -0.25) is 14.4 Å². The van der Waals surface area contributed by atoms with Crippen LogP contribution in [0.5, 0.6) is 0 Å². The summed E-state index contributed by atoms with van der Waals surface area (Å²) in [6, 6.07) is 24.1. The molecule has 0 aromatic heterocycles. The molecule has 2 aliphatic heterocycles. The molecule has 0 radical (unpaired) electrons. The van der Waals surface area contributed by atoms with Gasteiger partial charge < -0.3 is 44.1 Å². The topological polar surface area (TPSA) is 170 Å². The van der Waals surface area contributed by atoms with Crippen molar-refractivity contribution in [1.29, 1.82) is 0 Å². The smallest absolute Gasteiger partial charge is 0.339 e. The third-order valence-corrected chi connectivity index (χ3v) is 10.2. The lowest BCUT2D eigenvalue weighted by Crippen LogP contribution is -2.51. The first-order chi connectivity index (χ1) is 27.9. The Morgan fingerprint density at radius 2 is 1.62 bits per heavy atom. The molecule has 2 amide bonds. The van der Waals surface area contributed by atoms with Crippen LogP contribution in [-0.2, 0) is 43.9 Å². The largest absolute Gasteiger partial charge is 0.499 e. The highest BCUT2D eigenvalue weighted by atomic mass is 16.8. The highest BCUT2D eigenvalue weighted by molar-refractivity contribution is 5.98. The summed E-state index contributed by atoms with van der Waals surface area (Å²) >= 11 is 0. The van der Waals surface area contributed by atoms with E-state index < -0.39 is 72.1 Å². The van der Waals surface area contributed by atoms with E-state index in [0.717, 1.165) is 0 Å². The van der Waals surface area contributed by atoms with Crippen molar-refractivity contribution in [1.82, 2.24) is 10.2 Å². The molecule has 13 heteroatoms. The summed E-state index contributed by atoms with van der Waals surface area (Å²) in [6.45, 7) is 5.14. The van der Waals surface area contributed by atoms with E-state index in [1.807, 2.05) is 60.7 Å². The van der Waals surface area contributed by atoms with Crippen LogP contribution in [0.3, 0.4) is 0 Å². The van der Waals surface area contributed by atoms with Crippen molar-refractivity contribution >= 4 is 29.8 Å². The molecule has 3 aliphatic rings. The lowest BCUT2D eigenvalue weighted by molar-refractivity contribution is -0.157. The van der Waals surface area contributed by atoms with E-state index >= 15 is 0 Å². The average molecular weight is 797 g/mol. The molecule has 2 fully saturated rings. The van der Waals surface area contributed by atoms with Crippen molar-refractivity contribution in [2.45, 2.75) is 94.7 Å². The van der Waals surface area contributed by atoms with Gasteiger partial charge in [0.25, 0.3) is 0 Å². The van der Waals surface area contributed by atoms with Gasteiger partial charge in [0, 0.05) is 36.1 Å². The van der Waals surface area contributed by atoms with Gasteiger partial charge in [-0.2, -0.15) is 0 Å². The van der Waals surface area contributed by atoms with Crippen LogP contribution in [0.4, 0.5) is 0 Å². The van der Waals surface area contributed by atoms with E-state index in [1.54, 1.807) is 57.2 Å². The lowest BCUT2D eigenvalue weighted by atomic mass is 9.91. The van der Waals surface area contributed by atoms with Gasteiger partial charge in [0.15, 0.2) is 0 Å². The highest BCUT2D eigenvalue weighted by Gasteiger charge is 2.55. The molecule has 58 heavy (non-hydrogen) atoms. The molecule has 308 valence electrons. The van der Waals surface area contributed by atoms with E-state index in [2.05, 4.69) is 5.32 Å². The maximum Gasteiger partial charge on any atom is 0.339 e. The molecule has 0 spiro atoms. The molecule has 1 aliphatic carbocycles. The van der Waals surface area contributed by atoms with Gasteiger partial charge in [0.1, 0.15) is 36.6 Å². The summed E-state index contributed by atoms with van der Waals surface area (Å²) in [7, 11) is 0. The molecule has 3 N–H and O–H groups in total. The number of likely N-dealkylation sites (tertiary alicyclic amines) is 1. The van der Waals surface area contributed by atoms with Crippen LogP contribution in [0.15, 0.2) is 103 Å². The Bertz CT molecular complexity index is 1920. The zero-order valence-corrected chi connectivity index (χ0v) is 33.1. The van der Waals surface area contributed by atoms with Crippen molar-refractivity contribution in [3.05, 3.63) is 125 Å². The first kappa shape index (κ1) is 42.3. The Morgan fingerprint density at radius 3 is 2.28 bits per heavy atom. The molecule has 5 unspecified atom stereocenters. The second-order valence-corrected chi connectivity index (χ2v) is 15.5. The molecular formula is C45H52N2O11. The molecule has 0 saturated carbocycles. The molecule has 2 saturated heterocycles. The molecule has 0 bridgehead atoms. The number of fused-ring (bicyclic) bond motifs is 1. The third kappa shape index (κ3) is 10.0. The van der Waals surface area contributed by atoms with Crippen LogP contribution in [-0.4, -0.2) is 101 Å². The zero-order chi connectivity index (χ0) is 41.3. The summed E-state index contributed by atoms with van der Waals surface area (Å²) < 4.78 is 30.7. The summed E-state index contributed by atoms with van der Waals surface area (Å²) in [5.41, 5.74) is 1.83. The Labute approximate surface area is 338 Å². The highest BCUT2D eigenvalue weighted by Crippen LogP contribution is 2.47. The van der Waals surface area contributed by atoms with E-state index in [-0.39, 0.29) is 38.0 Å². The number of aliphatic hydroxyl groups is 2. The monoisotopic (exact) mass is 796 g/mol. The lowest BCUT2D eigenvalue weighted by Gasteiger charge is -2.33. The van der Waals surface area contributed by atoms with Crippen LogP contribution in [0.1, 0.15) is 79.9 Å². The van der Waals surface area contributed by atoms with Gasteiger partial charge in [-0.15, -0.1) is 0 Å².